The summed E-state index contributed by atoms with van der Waals surface area (Å²) in [5.74, 6) is -1.11. The van der Waals surface area contributed by atoms with Crippen LogP contribution >= 0.6 is 22.9 Å². The number of Topliss-reactive ketones (excluding diaryl/α,β-unsaturated/α-hetero) is 1. The second-order valence-corrected chi connectivity index (χ2v) is 10.6. The summed E-state index contributed by atoms with van der Waals surface area (Å²) in [6.07, 6.45) is 1.68. The van der Waals surface area contributed by atoms with Gasteiger partial charge in [-0.05, 0) is 34.9 Å². The molecule has 2 aromatic heterocycles. The molecule has 4 aromatic carbocycles. The molecule has 2 heterocycles. The molecule has 6 heteroatoms. The number of ketones is 1. The molecule has 0 unspecified atom stereocenters. The molecular formula is C31H22ClNO3S. The number of carboxylic acid groups (broad SMARTS) is 1. The summed E-state index contributed by atoms with van der Waals surface area (Å²) < 4.78 is 4.46. The van der Waals surface area contributed by atoms with Crippen molar-refractivity contribution >= 4 is 65.8 Å². The third-order valence-electron chi connectivity index (χ3n) is 6.74. The minimum absolute atomic E-state index is 0.00741. The van der Waals surface area contributed by atoms with Crippen LogP contribution < -0.4 is 0 Å². The number of carboxylic acids is 1. The van der Waals surface area contributed by atoms with Gasteiger partial charge in [0.05, 0.1) is 6.42 Å². The highest BCUT2D eigenvalue weighted by atomic mass is 35.5. The van der Waals surface area contributed by atoms with Crippen LogP contribution in [0.5, 0.6) is 0 Å². The van der Waals surface area contributed by atoms with Gasteiger partial charge in [-0.1, -0.05) is 78.3 Å². The molecule has 6 rings (SSSR count). The number of carbonyl (C=O) groups is 2. The monoisotopic (exact) mass is 523 g/mol. The van der Waals surface area contributed by atoms with E-state index in [2.05, 4.69) is 53.1 Å². The number of carbonyl (C=O) groups excluding carboxylic acids is 1. The number of fused-ring (bicyclic) bond motifs is 4. The lowest BCUT2D eigenvalue weighted by molar-refractivity contribution is -0.136. The lowest BCUT2D eigenvalue weighted by Crippen LogP contribution is -2.03. The maximum Gasteiger partial charge on any atom is 0.303 e. The van der Waals surface area contributed by atoms with Crippen molar-refractivity contribution in [2.45, 2.75) is 19.4 Å². The number of hydrogen-bond acceptors (Lipinski definition) is 3. The van der Waals surface area contributed by atoms with Crippen molar-refractivity contribution in [3.05, 3.63) is 107 Å². The van der Waals surface area contributed by atoms with Gasteiger partial charge in [0.25, 0.3) is 0 Å². The smallest absolute Gasteiger partial charge is 0.303 e. The Balaban J connectivity index is 1.33. The largest absolute Gasteiger partial charge is 0.481 e. The predicted octanol–water partition coefficient (Wildman–Crippen LogP) is 8.43. The van der Waals surface area contributed by atoms with Crippen LogP contribution in [-0.4, -0.2) is 21.4 Å². The van der Waals surface area contributed by atoms with Gasteiger partial charge in [-0.2, -0.15) is 0 Å². The first kappa shape index (κ1) is 23.5. The molecule has 0 bridgehead atoms. The van der Waals surface area contributed by atoms with Crippen molar-refractivity contribution in [2.75, 3.05) is 0 Å². The van der Waals surface area contributed by atoms with E-state index in [0.29, 0.717) is 12.1 Å². The average Bonchev–Trinajstić information content (AvgIpc) is 3.47. The van der Waals surface area contributed by atoms with Gasteiger partial charge in [0.2, 0.25) is 0 Å². The normalized spacial score (nSPS) is 11.5. The van der Waals surface area contributed by atoms with Gasteiger partial charge < -0.3 is 9.67 Å². The van der Waals surface area contributed by atoms with E-state index in [9.17, 15) is 9.59 Å². The van der Waals surface area contributed by atoms with Crippen molar-refractivity contribution in [3.63, 3.8) is 0 Å². The van der Waals surface area contributed by atoms with Crippen molar-refractivity contribution in [2.24, 2.45) is 0 Å². The van der Waals surface area contributed by atoms with Crippen molar-refractivity contribution in [1.29, 1.82) is 0 Å². The number of hydrogen-bond donors (Lipinski definition) is 1. The van der Waals surface area contributed by atoms with Crippen molar-refractivity contribution < 1.29 is 14.7 Å². The molecule has 182 valence electrons. The molecule has 4 nitrogen and oxygen atoms in total. The third kappa shape index (κ3) is 4.31. The molecule has 0 atom stereocenters. The third-order valence-corrected chi connectivity index (χ3v) is 8.26. The minimum Gasteiger partial charge on any atom is -0.481 e. The summed E-state index contributed by atoms with van der Waals surface area (Å²) in [5.41, 5.74) is 4.96. The summed E-state index contributed by atoms with van der Waals surface area (Å²) in [5, 5.41) is 12.9. The van der Waals surface area contributed by atoms with E-state index >= 15 is 0 Å². The van der Waals surface area contributed by atoms with E-state index < -0.39 is 5.97 Å². The molecule has 0 spiro atoms. The summed E-state index contributed by atoms with van der Waals surface area (Å²) >= 11 is 8.28. The van der Waals surface area contributed by atoms with Crippen LogP contribution in [0.4, 0.5) is 0 Å². The Morgan fingerprint density at radius 3 is 2.41 bits per heavy atom. The summed E-state index contributed by atoms with van der Waals surface area (Å²) in [4.78, 5) is 23.7. The fourth-order valence-corrected chi connectivity index (χ4v) is 6.57. The first-order chi connectivity index (χ1) is 18.0. The van der Waals surface area contributed by atoms with Crippen LogP contribution in [-0.2, 0) is 11.3 Å². The first-order valence-corrected chi connectivity index (χ1v) is 13.2. The zero-order chi connectivity index (χ0) is 25.5. The highest BCUT2D eigenvalue weighted by molar-refractivity contribution is 7.26. The van der Waals surface area contributed by atoms with Crippen LogP contribution in [0, 0.1) is 0 Å². The van der Waals surface area contributed by atoms with E-state index in [0.717, 1.165) is 32.4 Å². The SMILES string of the molecule is O=C(O)CCC(=O)c1cn(Cc2ccc(-c3cccc4c3sc3cccc(Cl)c34)cc2)c2ccccc12. The Morgan fingerprint density at radius 2 is 1.59 bits per heavy atom. The fraction of sp³-hybridized carbons (Fsp3) is 0.0968. The molecular weight excluding hydrogens is 502 g/mol. The van der Waals surface area contributed by atoms with Crippen LogP contribution in [0.3, 0.4) is 0 Å². The molecule has 0 amide bonds. The highest BCUT2D eigenvalue weighted by Gasteiger charge is 2.17. The van der Waals surface area contributed by atoms with Crippen LogP contribution in [0.15, 0.2) is 91.1 Å². The van der Waals surface area contributed by atoms with Gasteiger partial charge in [-0.15, -0.1) is 11.3 Å². The molecule has 6 aromatic rings. The molecule has 0 aliphatic heterocycles. The van der Waals surface area contributed by atoms with E-state index in [1.54, 1.807) is 11.3 Å². The number of nitrogens with zero attached hydrogens (tertiary/aromatic N) is 1. The van der Waals surface area contributed by atoms with Crippen LogP contribution in [0.1, 0.15) is 28.8 Å². The number of aliphatic carboxylic acids is 1. The number of thiophene rings is 1. The summed E-state index contributed by atoms with van der Waals surface area (Å²) in [7, 11) is 0. The van der Waals surface area contributed by atoms with Gasteiger partial charge in [0.1, 0.15) is 0 Å². The Labute approximate surface area is 222 Å². The van der Waals surface area contributed by atoms with Gasteiger partial charge >= 0.3 is 5.97 Å². The quantitative estimate of drug-likeness (QED) is 0.214. The zero-order valence-corrected chi connectivity index (χ0v) is 21.4. The minimum atomic E-state index is -0.966. The number of para-hydroxylation sites is 1. The Bertz CT molecular complexity index is 1810. The van der Waals surface area contributed by atoms with Gasteiger partial charge in [-0.3, -0.25) is 9.59 Å². The lowest BCUT2D eigenvalue weighted by atomic mass is 10.0. The molecule has 1 N–H and O–H groups in total. The summed E-state index contributed by atoms with van der Waals surface area (Å²) in [6, 6.07) is 28.7. The lowest BCUT2D eigenvalue weighted by Gasteiger charge is -2.08. The van der Waals surface area contributed by atoms with Crippen LogP contribution in [0.2, 0.25) is 5.02 Å². The van der Waals surface area contributed by atoms with E-state index in [-0.39, 0.29) is 18.6 Å². The van der Waals surface area contributed by atoms with Crippen LogP contribution in [0.25, 0.3) is 42.2 Å². The second kappa shape index (κ2) is 9.51. The number of halogens is 1. The van der Waals surface area contributed by atoms with E-state index in [4.69, 9.17) is 16.7 Å². The number of aromatic nitrogens is 1. The van der Waals surface area contributed by atoms with E-state index in [1.807, 2.05) is 42.6 Å². The molecule has 0 aliphatic rings. The molecule has 37 heavy (non-hydrogen) atoms. The topological polar surface area (TPSA) is 59.3 Å². The molecule has 0 fully saturated rings. The fourth-order valence-electron chi connectivity index (χ4n) is 4.97. The summed E-state index contributed by atoms with van der Waals surface area (Å²) in [6.45, 7) is 0.607. The van der Waals surface area contributed by atoms with Gasteiger partial charge in [-0.25, -0.2) is 0 Å². The predicted molar refractivity (Wildman–Crippen MR) is 152 cm³/mol. The van der Waals surface area contributed by atoms with Gasteiger partial charge in [0, 0.05) is 60.8 Å². The highest BCUT2D eigenvalue weighted by Crippen LogP contribution is 2.42. The molecule has 0 radical (unpaired) electrons. The van der Waals surface area contributed by atoms with Crippen molar-refractivity contribution in [1.82, 2.24) is 4.57 Å². The second-order valence-electron chi connectivity index (χ2n) is 9.10. The van der Waals surface area contributed by atoms with Gasteiger partial charge in [0.15, 0.2) is 5.78 Å². The number of benzene rings is 4. The molecule has 0 saturated heterocycles. The maximum atomic E-state index is 12.7. The zero-order valence-electron chi connectivity index (χ0n) is 19.8. The number of rotatable bonds is 7. The Kier molecular flexibility index (Phi) is 6.03. The van der Waals surface area contributed by atoms with Crippen molar-refractivity contribution in [3.8, 4) is 11.1 Å². The standard InChI is InChI=1S/C31H22ClNO3S/c32-25-8-4-10-28-30(25)23-7-3-6-21(31(23)37-28)20-13-11-19(12-14-20)17-33-18-24(27(34)15-16-29(35)36)22-5-1-2-9-26(22)33/h1-14,18H,15-17H2,(H,35,36). The first-order valence-electron chi connectivity index (χ1n) is 12.0. The molecule has 0 aliphatic carbocycles. The average molecular weight is 524 g/mol. The Morgan fingerprint density at radius 1 is 0.838 bits per heavy atom. The van der Waals surface area contributed by atoms with E-state index in [1.165, 1.54) is 20.3 Å². The maximum absolute atomic E-state index is 12.7. The Hall–Kier alpha value is -3.93. The molecule has 0 saturated carbocycles.